The van der Waals surface area contributed by atoms with E-state index in [9.17, 15) is 14.5 Å². The number of ether oxygens (including phenoxy) is 1. The molecule has 0 unspecified atom stereocenters. The third-order valence-corrected chi connectivity index (χ3v) is 3.11. The molecule has 110 valence electrons. The first-order valence-electron chi connectivity index (χ1n) is 6.06. The molecule has 8 heteroatoms. The molecule has 2 aromatic heterocycles. The summed E-state index contributed by atoms with van der Waals surface area (Å²) in [7, 11) is 0. The lowest BCUT2D eigenvalue weighted by Gasteiger charge is -2.09. The van der Waals surface area contributed by atoms with Gasteiger partial charge in [0.05, 0.1) is 22.7 Å². The molecule has 0 radical (unpaired) electrons. The number of benzene rings is 1. The maximum absolute atomic E-state index is 13.9. The van der Waals surface area contributed by atoms with Crippen LogP contribution in [0.5, 0.6) is 11.5 Å². The van der Waals surface area contributed by atoms with Gasteiger partial charge in [-0.15, -0.1) is 0 Å². The van der Waals surface area contributed by atoms with E-state index < -0.39 is 10.7 Å². The van der Waals surface area contributed by atoms with E-state index in [1.807, 2.05) is 0 Å². The quantitative estimate of drug-likeness (QED) is 0.412. The fraction of sp³-hybridized carbons (Fsp3) is 0. The van der Waals surface area contributed by atoms with E-state index in [1.165, 1.54) is 18.5 Å². The molecule has 0 spiro atoms. The van der Waals surface area contributed by atoms with Crippen LogP contribution in [-0.2, 0) is 0 Å². The molecule has 1 aromatic carbocycles. The fourth-order valence-electron chi connectivity index (χ4n) is 1.89. The van der Waals surface area contributed by atoms with Crippen LogP contribution in [0.3, 0.4) is 0 Å². The Kier molecular flexibility index (Phi) is 3.56. The summed E-state index contributed by atoms with van der Waals surface area (Å²) in [6.07, 6.45) is 2.95. The Morgan fingerprint density at radius 1 is 1.18 bits per heavy atom. The molecule has 0 saturated heterocycles. The van der Waals surface area contributed by atoms with Crippen LogP contribution in [0.4, 0.5) is 10.1 Å². The summed E-state index contributed by atoms with van der Waals surface area (Å²) in [4.78, 5) is 17.9. The van der Waals surface area contributed by atoms with E-state index >= 15 is 0 Å². The highest BCUT2D eigenvalue weighted by Gasteiger charge is 2.13. The zero-order chi connectivity index (χ0) is 15.7. The van der Waals surface area contributed by atoms with Crippen molar-refractivity contribution in [2.24, 2.45) is 0 Å². The minimum Gasteiger partial charge on any atom is -0.454 e. The molecular formula is C14H7ClFN3O3. The van der Waals surface area contributed by atoms with Gasteiger partial charge in [0.15, 0.2) is 11.6 Å². The molecule has 22 heavy (non-hydrogen) atoms. The minimum atomic E-state index is -0.834. The maximum atomic E-state index is 13.9. The number of rotatable bonds is 3. The molecule has 3 aromatic rings. The average Bonchev–Trinajstić information content (AvgIpc) is 2.49. The Hall–Kier alpha value is -2.80. The summed E-state index contributed by atoms with van der Waals surface area (Å²) < 4.78 is 19.4. The van der Waals surface area contributed by atoms with Gasteiger partial charge in [0.25, 0.3) is 5.69 Å². The summed E-state index contributed by atoms with van der Waals surface area (Å²) in [6, 6.07) is 6.24. The number of hydrogen-bond donors (Lipinski definition) is 0. The van der Waals surface area contributed by atoms with E-state index in [4.69, 9.17) is 16.3 Å². The van der Waals surface area contributed by atoms with Crippen molar-refractivity contribution in [1.29, 1.82) is 0 Å². The van der Waals surface area contributed by atoms with Crippen LogP contribution in [0.25, 0.3) is 10.9 Å². The van der Waals surface area contributed by atoms with Gasteiger partial charge in [0, 0.05) is 17.6 Å². The molecule has 0 aliphatic rings. The number of hydrogen-bond acceptors (Lipinski definition) is 5. The van der Waals surface area contributed by atoms with Gasteiger partial charge in [0.1, 0.15) is 10.9 Å². The minimum absolute atomic E-state index is 0.133. The van der Waals surface area contributed by atoms with Crippen LogP contribution in [0.2, 0.25) is 5.15 Å². The number of nitro groups is 1. The summed E-state index contributed by atoms with van der Waals surface area (Å²) in [6.45, 7) is 0. The summed E-state index contributed by atoms with van der Waals surface area (Å²) in [5, 5.41) is 11.4. The zero-order valence-corrected chi connectivity index (χ0v) is 11.6. The molecular weight excluding hydrogens is 313 g/mol. The van der Waals surface area contributed by atoms with Crippen molar-refractivity contribution in [3.63, 3.8) is 0 Å². The van der Waals surface area contributed by atoms with E-state index in [2.05, 4.69) is 9.97 Å². The van der Waals surface area contributed by atoms with Crippen LogP contribution in [0.15, 0.2) is 42.7 Å². The summed E-state index contributed by atoms with van der Waals surface area (Å²) in [5.41, 5.74) is 0.181. The van der Waals surface area contributed by atoms with Gasteiger partial charge in [-0.3, -0.25) is 15.1 Å². The predicted molar refractivity (Wildman–Crippen MR) is 77.7 cm³/mol. The van der Waals surface area contributed by atoms with Gasteiger partial charge in [-0.05, 0) is 18.2 Å². The highest BCUT2D eigenvalue weighted by atomic mass is 35.5. The number of fused-ring (bicyclic) bond motifs is 1. The number of halogens is 2. The number of pyridine rings is 2. The molecule has 0 N–H and O–H groups in total. The monoisotopic (exact) mass is 319 g/mol. The number of aromatic nitrogens is 2. The van der Waals surface area contributed by atoms with Gasteiger partial charge in [-0.2, -0.15) is 0 Å². The van der Waals surface area contributed by atoms with Crippen molar-refractivity contribution in [2.45, 2.75) is 0 Å². The van der Waals surface area contributed by atoms with Crippen LogP contribution in [0, 0.1) is 15.9 Å². The largest absolute Gasteiger partial charge is 0.454 e. The molecule has 0 aliphatic carbocycles. The summed E-state index contributed by atoms with van der Waals surface area (Å²) in [5.74, 6) is -0.646. The third kappa shape index (κ3) is 2.66. The van der Waals surface area contributed by atoms with Crippen molar-refractivity contribution in [2.75, 3.05) is 0 Å². The lowest BCUT2D eigenvalue weighted by atomic mass is 10.2. The first kappa shape index (κ1) is 14.2. The highest BCUT2D eigenvalue weighted by molar-refractivity contribution is 6.30. The Labute approximate surface area is 128 Å². The number of nitro benzene ring substituents is 1. The van der Waals surface area contributed by atoms with Crippen molar-refractivity contribution in [1.82, 2.24) is 9.97 Å². The molecule has 0 saturated carbocycles. The standard InChI is InChI=1S/C14H7ClFN3O3/c15-14-6-9-11(7-18-14)17-4-3-12(9)22-13-2-1-8(19(20)21)5-10(13)16/h1-7H. The number of non-ortho nitro benzene ring substituents is 1. The van der Waals surface area contributed by atoms with Gasteiger partial charge in [-0.1, -0.05) is 11.6 Å². The Morgan fingerprint density at radius 2 is 2.00 bits per heavy atom. The predicted octanol–water partition coefficient (Wildman–Crippen LogP) is 4.12. The van der Waals surface area contributed by atoms with E-state index in [1.54, 1.807) is 12.1 Å². The topological polar surface area (TPSA) is 78.2 Å². The molecule has 2 heterocycles. The molecule has 0 fully saturated rings. The van der Waals surface area contributed by atoms with Gasteiger partial charge in [0.2, 0.25) is 0 Å². The van der Waals surface area contributed by atoms with Crippen LogP contribution < -0.4 is 4.74 Å². The van der Waals surface area contributed by atoms with Gasteiger partial charge < -0.3 is 4.74 Å². The summed E-state index contributed by atoms with van der Waals surface area (Å²) >= 11 is 5.84. The number of nitrogens with zero attached hydrogens (tertiary/aromatic N) is 3. The molecule has 0 bridgehead atoms. The smallest absolute Gasteiger partial charge is 0.272 e. The van der Waals surface area contributed by atoms with Crippen molar-refractivity contribution in [3.8, 4) is 11.5 Å². The molecule has 3 rings (SSSR count). The second-order valence-corrected chi connectivity index (χ2v) is 4.69. The van der Waals surface area contributed by atoms with Crippen molar-refractivity contribution in [3.05, 3.63) is 63.8 Å². The normalized spacial score (nSPS) is 10.6. The Bertz CT molecular complexity index is 888. The van der Waals surface area contributed by atoms with Crippen LogP contribution in [0.1, 0.15) is 0 Å². The second-order valence-electron chi connectivity index (χ2n) is 4.31. The Balaban J connectivity index is 2.03. The molecule has 0 amide bonds. The van der Waals surface area contributed by atoms with Crippen LogP contribution in [-0.4, -0.2) is 14.9 Å². The first-order chi connectivity index (χ1) is 10.5. The second kappa shape index (κ2) is 5.53. The van der Waals surface area contributed by atoms with Crippen molar-refractivity contribution >= 4 is 28.2 Å². The van der Waals surface area contributed by atoms with E-state index in [-0.39, 0.29) is 16.6 Å². The Morgan fingerprint density at radius 3 is 2.73 bits per heavy atom. The highest BCUT2D eigenvalue weighted by Crippen LogP contribution is 2.32. The lowest BCUT2D eigenvalue weighted by Crippen LogP contribution is -1.93. The molecule has 0 aliphatic heterocycles. The SMILES string of the molecule is O=[N+]([O-])c1ccc(Oc2ccnc3cnc(Cl)cc23)c(F)c1. The zero-order valence-electron chi connectivity index (χ0n) is 10.9. The molecule has 0 atom stereocenters. The van der Waals surface area contributed by atoms with Crippen LogP contribution >= 0.6 is 11.6 Å². The fourth-order valence-corrected chi connectivity index (χ4v) is 2.05. The molecule has 6 nitrogen and oxygen atoms in total. The first-order valence-corrected chi connectivity index (χ1v) is 6.44. The van der Waals surface area contributed by atoms with Crippen molar-refractivity contribution < 1.29 is 14.1 Å². The average molecular weight is 320 g/mol. The van der Waals surface area contributed by atoms with E-state index in [0.29, 0.717) is 16.7 Å². The van der Waals surface area contributed by atoms with E-state index in [0.717, 1.165) is 12.1 Å². The lowest BCUT2D eigenvalue weighted by molar-refractivity contribution is -0.385. The van der Waals surface area contributed by atoms with Gasteiger partial charge >= 0.3 is 0 Å². The maximum Gasteiger partial charge on any atom is 0.272 e. The third-order valence-electron chi connectivity index (χ3n) is 2.90. The van der Waals surface area contributed by atoms with Gasteiger partial charge in [-0.25, -0.2) is 9.37 Å².